The van der Waals surface area contributed by atoms with Gasteiger partial charge in [0.05, 0.1) is 5.69 Å². The predicted molar refractivity (Wildman–Crippen MR) is 64.4 cm³/mol. The van der Waals surface area contributed by atoms with Gasteiger partial charge in [0.2, 0.25) is 0 Å². The molecule has 3 heteroatoms. The Morgan fingerprint density at radius 1 is 1.12 bits per heavy atom. The summed E-state index contributed by atoms with van der Waals surface area (Å²) in [6, 6.07) is 9.54. The zero-order valence-electron chi connectivity index (χ0n) is 9.69. The fraction of sp³-hybridized carbons (Fsp3) is 0.231. The second-order valence-corrected chi connectivity index (χ2v) is 4.00. The highest BCUT2D eigenvalue weighted by atomic mass is 16.1. The van der Waals surface area contributed by atoms with Gasteiger partial charge in [-0.3, -0.25) is 4.79 Å². The van der Waals surface area contributed by atoms with Crippen molar-refractivity contribution in [2.75, 3.05) is 0 Å². The maximum Gasteiger partial charge on any atom is 0.266 e. The van der Waals surface area contributed by atoms with Crippen molar-refractivity contribution in [2.45, 2.75) is 13.8 Å². The number of aryl methyl sites for hydroxylation is 3. The standard InChI is InChI=1S/C13H14N2O/c1-9-4-5-10(2)11(8-9)12-6-7-13(16)15(3)14-12/h4-8H,1-3H3. The van der Waals surface area contributed by atoms with Gasteiger partial charge in [-0.2, -0.15) is 5.10 Å². The molecule has 82 valence electrons. The number of hydrogen-bond acceptors (Lipinski definition) is 2. The topological polar surface area (TPSA) is 34.9 Å². The number of hydrogen-bond donors (Lipinski definition) is 0. The van der Waals surface area contributed by atoms with Gasteiger partial charge in [-0.15, -0.1) is 0 Å². The van der Waals surface area contributed by atoms with Gasteiger partial charge >= 0.3 is 0 Å². The minimum atomic E-state index is -0.0888. The van der Waals surface area contributed by atoms with Crippen LogP contribution in [0.2, 0.25) is 0 Å². The Balaban J connectivity index is 2.62. The molecule has 16 heavy (non-hydrogen) atoms. The van der Waals surface area contributed by atoms with Gasteiger partial charge in [-0.25, -0.2) is 4.68 Å². The van der Waals surface area contributed by atoms with E-state index in [1.807, 2.05) is 13.8 Å². The van der Waals surface area contributed by atoms with Gasteiger partial charge in [-0.1, -0.05) is 17.7 Å². The SMILES string of the molecule is Cc1ccc(C)c(-c2ccc(=O)n(C)n2)c1. The third kappa shape index (κ3) is 1.89. The molecule has 0 aliphatic rings. The van der Waals surface area contributed by atoms with Crippen molar-refractivity contribution < 1.29 is 0 Å². The molecule has 0 aliphatic heterocycles. The molecule has 0 saturated heterocycles. The van der Waals surface area contributed by atoms with E-state index < -0.39 is 0 Å². The maximum absolute atomic E-state index is 11.3. The molecule has 0 fully saturated rings. The molecule has 0 unspecified atom stereocenters. The van der Waals surface area contributed by atoms with Crippen LogP contribution in [0, 0.1) is 13.8 Å². The Bertz CT molecular complexity index is 585. The highest BCUT2D eigenvalue weighted by molar-refractivity contribution is 5.63. The normalized spacial score (nSPS) is 10.4. The van der Waals surface area contributed by atoms with E-state index in [-0.39, 0.29) is 5.56 Å². The van der Waals surface area contributed by atoms with Crippen molar-refractivity contribution in [1.29, 1.82) is 0 Å². The second-order valence-electron chi connectivity index (χ2n) is 4.00. The predicted octanol–water partition coefficient (Wildman–Crippen LogP) is 2.06. The van der Waals surface area contributed by atoms with E-state index in [1.54, 1.807) is 19.2 Å². The molecule has 1 heterocycles. The third-order valence-corrected chi connectivity index (χ3v) is 2.63. The molecule has 1 aromatic carbocycles. The summed E-state index contributed by atoms with van der Waals surface area (Å²) in [4.78, 5) is 11.3. The molecule has 0 atom stereocenters. The lowest BCUT2D eigenvalue weighted by molar-refractivity contribution is 0.712. The molecular weight excluding hydrogens is 200 g/mol. The van der Waals surface area contributed by atoms with Crippen molar-refractivity contribution in [3.05, 3.63) is 51.8 Å². The smallest absolute Gasteiger partial charge is 0.266 e. The van der Waals surface area contributed by atoms with Crippen LogP contribution in [-0.4, -0.2) is 9.78 Å². The molecule has 0 spiro atoms. The Morgan fingerprint density at radius 3 is 2.56 bits per heavy atom. The number of nitrogens with zero attached hydrogens (tertiary/aromatic N) is 2. The van der Waals surface area contributed by atoms with Crippen LogP contribution in [-0.2, 0) is 7.05 Å². The van der Waals surface area contributed by atoms with E-state index in [2.05, 4.69) is 23.3 Å². The molecule has 0 radical (unpaired) electrons. The van der Waals surface area contributed by atoms with Crippen LogP contribution in [0.1, 0.15) is 11.1 Å². The van der Waals surface area contributed by atoms with E-state index in [0.29, 0.717) is 0 Å². The first-order chi connectivity index (χ1) is 7.58. The molecule has 0 bridgehead atoms. The fourth-order valence-corrected chi connectivity index (χ4v) is 1.66. The highest BCUT2D eigenvalue weighted by Crippen LogP contribution is 2.21. The van der Waals surface area contributed by atoms with Gasteiger partial charge in [0.15, 0.2) is 0 Å². The summed E-state index contributed by atoms with van der Waals surface area (Å²) in [5, 5.41) is 4.25. The summed E-state index contributed by atoms with van der Waals surface area (Å²) in [6.45, 7) is 4.09. The Hall–Kier alpha value is -1.90. The number of benzene rings is 1. The van der Waals surface area contributed by atoms with Crippen LogP contribution in [0.4, 0.5) is 0 Å². The second kappa shape index (κ2) is 3.93. The fourth-order valence-electron chi connectivity index (χ4n) is 1.66. The van der Waals surface area contributed by atoms with E-state index in [1.165, 1.54) is 10.2 Å². The molecule has 0 saturated carbocycles. The van der Waals surface area contributed by atoms with Crippen LogP contribution in [0.15, 0.2) is 35.1 Å². The first kappa shape index (κ1) is 10.6. The quantitative estimate of drug-likeness (QED) is 0.728. The van der Waals surface area contributed by atoms with Crippen LogP contribution < -0.4 is 5.56 Å². The lowest BCUT2D eigenvalue weighted by atomic mass is 10.0. The highest BCUT2D eigenvalue weighted by Gasteiger charge is 2.04. The van der Waals surface area contributed by atoms with Crippen molar-refractivity contribution in [3.63, 3.8) is 0 Å². The largest absolute Gasteiger partial charge is 0.268 e. The lowest BCUT2D eigenvalue weighted by Crippen LogP contribution is -2.18. The summed E-state index contributed by atoms with van der Waals surface area (Å²) in [5.74, 6) is 0. The average Bonchev–Trinajstić information content (AvgIpc) is 2.26. The first-order valence-electron chi connectivity index (χ1n) is 5.20. The lowest BCUT2D eigenvalue weighted by Gasteiger charge is -2.07. The summed E-state index contributed by atoms with van der Waals surface area (Å²) in [6.07, 6.45) is 0. The first-order valence-corrected chi connectivity index (χ1v) is 5.20. The summed E-state index contributed by atoms with van der Waals surface area (Å²) in [7, 11) is 1.66. The van der Waals surface area contributed by atoms with Crippen molar-refractivity contribution >= 4 is 0 Å². The zero-order valence-corrected chi connectivity index (χ0v) is 9.69. The third-order valence-electron chi connectivity index (χ3n) is 2.63. The van der Waals surface area contributed by atoms with E-state index in [9.17, 15) is 4.79 Å². The summed E-state index contributed by atoms with van der Waals surface area (Å²) in [5.41, 5.74) is 4.18. The molecule has 0 N–H and O–H groups in total. The van der Waals surface area contributed by atoms with Gasteiger partial charge in [-0.05, 0) is 31.5 Å². The van der Waals surface area contributed by atoms with Crippen molar-refractivity contribution in [1.82, 2.24) is 9.78 Å². The molecule has 0 amide bonds. The van der Waals surface area contributed by atoms with E-state index in [4.69, 9.17) is 0 Å². The van der Waals surface area contributed by atoms with Gasteiger partial charge in [0, 0.05) is 18.7 Å². The van der Waals surface area contributed by atoms with E-state index >= 15 is 0 Å². The summed E-state index contributed by atoms with van der Waals surface area (Å²) < 4.78 is 1.36. The minimum absolute atomic E-state index is 0.0888. The Labute approximate surface area is 94.4 Å². The number of aromatic nitrogens is 2. The minimum Gasteiger partial charge on any atom is -0.268 e. The van der Waals surface area contributed by atoms with Crippen molar-refractivity contribution in [2.24, 2.45) is 7.05 Å². The van der Waals surface area contributed by atoms with Crippen molar-refractivity contribution in [3.8, 4) is 11.3 Å². The number of rotatable bonds is 1. The molecule has 0 aliphatic carbocycles. The molecule has 2 aromatic rings. The Morgan fingerprint density at radius 2 is 1.88 bits per heavy atom. The maximum atomic E-state index is 11.3. The van der Waals surface area contributed by atoms with Crippen LogP contribution in [0.25, 0.3) is 11.3 Å². The van der Waals surface area contributed by atoms with Crippen LogP contribution in [0.3, 0.4) is 0 Å². The monoisotopic (exact) mass is 214 g/mol. The average molecular weight is 214 g/mol. The molecular formula is C13H14N2O. The molecule has 1 aromatic heterocycles. The zero-order chi connectivity index (χ0) is 11.7. The van der Waals surface area contributed by atoms with Crippen LogP contribution >= 0.6 is 0 Å². The Kier molecular flexibility index (Phi) is 2.60. The molecule has 2 rings (SSSR count). The molecule has 3 nitrogen and oxygen atoms in total. The van der Waals surface area contributed by atoms with Gasteiger partial charge in [0.1, 0.15) is 0 Å². The van der Waals surface area contributed by atoms with E-state index in [0.717, 1.165) is 16.8 Å². The van der Waals surface area contributed by atoms with Crippen LogP contribution in [0.5, 0.6) is 0 Å². The van der Waals surface area contributed by atoms with Gasteiger partial charge in [0.25, 0.3) is 5.56 Å². The summed E-state index contributed by atoms with van der Waals surface area (Å²) >= 11 is 0. The van der Waals surface area contributed by atoms with Gasteiger partial charge < -0.3 is 0 Å².